The van der Waals surface area contributed by atoms with E-state index in [9.17, 15) is 5.11 Å². The molecule has 2 N–H and O–H groups in total. The molecule has 125 valence electrons. The van der Waals surface area contributed by atoms with Crippen molar-refractivity contribution in [2.45, 2.75) is 6.10 Å². The third-order valence-corrected chi connectivity index (χ3v) is 4.91. The second kappa shape index (κ2) is 7.04. The summed E-state index contributed by atoms with van der Waals surface area (Å²) in [4.78, 5) is 11.0. The Balaban J connectivity index is 1.51. The van der Waals surface area contributed by atoms with Crippen molar-refractivity contribution < 1.29 is 5.11 Å². The number of thiazole rings is 1. The Kier molecular flexibility index (Phi) is 4.45. The molecule has 25 heavy (non-hydrogen) atoms. The molecule has 1 aliphatic rings. The van der Waals surface area contributed by atoms with Gasteiger partial charge in [-0.15, -0.1) is 0 Å². The van der Waals surface area contributed by atoms with Crippen LogP contribution in [0.15, 0.2) is 71.9 Å². The zero-order chi connectivity index (χ0) is 17.1. The van der Waals surface area contributed by atoms with Gasteiger partial charge >= 0.3 is 0 Å². The first-order valence-corrected chi connectivity index (χ1v) is 8.82. The molecule has 1 radical (unpaired) electrons. The highest BCUT2D eigenvalue weighted by Crippen LogP contribution is 2.30. The lowest BCUT2D eigenvalue weighted by atomic mass is 10.1. The molecule has 1 aromatic heterocycles. The second-order valence-electron chi connectivity index (χ2n) is 5.58. The highest BCUT2D eigenvalue weighted by Gasteiger charge is 2.20. The van der Waals surface area contributed by atoms with Crippen molar-refractivity contribution in [3.8, 4) is 0 Å². The summed E-state index contributed by atoms with van der Waals surface area (Å²) in [6.45, 7) is 2.29. The van der Waals surface area contributed by atoms with E-state index in [0.717, 1.165) is 20.9 Å². The number of fused-ring (bicyclic) bond motifs is 1. The van der Waals surface area contributed by atoms with Gasteiger partial charge in [0.25, 0.3) is 0 Å². The summed E-state index contributed by atoms with van der Waals surface area (Å²) in [6, 6.07) is 17.6. The van der Waals surface area contributed by atoms with E-state index in [1.807, 2.05) is 66.1 Å². The molecule has 3 aromatic rings. The van der Waals surface area contributed by atoms with E-state index in [2.05, 4.69) is 21.4 Å². The van der Waals surface area contributed by atoms with E-state index in [1.165, 1.54) is 0 Å². The highest BCUT2D eigenvalue weighted by molar-refractivity contribution is 7.22. The molecule has 0 aliphatic carbocycles. The maximum atomic E-state index is 10.3. The smallest absolute Gasteiger partial charge is 0.205 e. The van der Waals surface area contributed by atoms with Crippen molar-refractivity contribution in [3.63, 3.8) is 0 Å². The molecule has 1 atom stereocenters. The quantitative estimate of drug-likeness (QED) is 0.757. The summed E-state index contributed by atoms with van der Waals surface area (Å²) in [5.41, 5.74) is 1.84. The SMILES string of the molecule is OC(CNC1=NC=C[CH]N1c1nc2ccccc2s1)c1ccccc1. The van der Waals surface area contributed by atoms with Crippen molar-refractivity contribution in [1.82, 2.24) is 10.3 Å². The number of aliphatic hydroxyl groups excluding tert-OH is 1. The first-order valence-electron chi connectivity index (χ1n) is 8.01. The lowest BCUT2D eigenvalue weighted by molar-refractivity contribution is 0.181. The number of anilines is 1. The zero-order valence-electron chi connectivity index (χ0n) is 13.4. The Hall–Kier alpha value is -2.70. The maximum Gasteiger partial charge on any atom is 0.205 e. The molecule has 0 spiro atoms. The number of rotatable bonds is 4. The van der Waals surface area contributed by atoms with E-state index in [4.69, 9.17) is 0 Å². The van der Waals surface area contributed by atoms with E-state index in [1.54, 1.807) is 17.5 Å². The van der Waals surface area contributed by atoms with Crippen molar-refractivity contribution >= 4 is 32.6 Å². The molecular weight excluding hydrogens is 332 g/mol. The Morgan fingerprint density at radius 1 is 1.08 bits per heavy atom. The van der Waals surface area contributed by atoms with Crippen LogP contribution in [0.1, 0.15) is 11.7 Å². The fourth-order valence-corrected chi connectivity index (χ4v) is 3.55. The molecule has 2 heterocycles. The molecule has 0 amide bonds. The average Bonchev–Trinajstić information content (AvgIpc) is 3.11. The van der Waals surface area contributed by atoms with Crippen LogP contribution in [-0.4, -0.2) is 22.6 Å². The Morgan fingerprint density at radius 3 is 2.72 bits per heavy atom. The fourth-order valence-electron chi connectivity index (χ4n) is 2.60. The van der Waals surface area contributed by atoms with E-state index in [-0.39, 0.29) is 0 Å². The van der Waals surface area contributed by atoms with Gasteiger partial charge in [0.15, 0.2) is 5.13 Å². The third kappa shape index (κ3) is 3.40. The van der Waals surface area contributed by atoms with Crippen LogP contribution in [0.5, 0.6) is 0 Å². The van der Waals surface area contributed by atoms with Crippen LogP contribution in [-0.2, 0) is 0 Å². The summed E-state index contributed by atoms with van der Waals surface area (Å²) in [6.07, 6.45) is 2.98. The van der Waals surface area contributed by atoms with Crippen molar-refractivity contribution in [2.24, 2.45) is 4.99 Å². The topological polar surface area (TPSA) is 60.8 Å². The minimum Gasteiger partial charge on any atom is -0.387 e. The van der Waals surface area contributed by atoms with Gasteiger partial charge in [-0.2, -0.15) is 0 Å². The molecule has 6 heteroatoms. The number of para-hydroxylation sites is 1. The van der Waals surface area contributed by atoms with E-state index in [0.29, 0.717) is 12.5 Å². The third-order valence-electron chi connectivity index (χ3n) is 3.87. The number of hydrogen-bond acceptors (Lipinski definition) is 6. The highest BCUT2D eigenvalue weighted by atomic mass is 32.1. The van der Waals surface area contributed by atoms with Crippen molar-refractivity contribution in [3.05, 3.63) is 79.0 Å². The van der Waals surface area contributed by atoms with Crippen LogP contribution < -0.4 is 10.2 Å². The van der Waals surface area contributed by atoms with Crippen LogP contribution >= 0.6 is 11.3 Å². The monoisotopic (exact) mass is 349 g/mol. The number of nitrogens with zero attached hydrogens (tertiary/aromatic N) is 3. The summed E-state index contributed by atoms with van der Waals surface area (Å²) in [5.74, 6) is 0.650. The summed E-state index contributed by atoms with van der Waals surface area (Å²) in [5, 5.41) is 14.4. The zero-order valence-corrected chi connectivity index (χ0v) is 14.2. The largest absolute Gasteiger partial charge is 0.387 e. The summed E-state index contributed by atoms with van der Waals surface area (Å²) in [7, 11) is 0. The Morgan fingerprint density at radius 2 is 1.88 bits per heavy atom. The van der Waals surface area contributed by atoms with E-state index >= 15 is 0 Å². The number of nitrogens with one attached hydrogen (secondary N) is 1. The first kappa shape index (κ1) is 15.8. The van der Waals surface area contributed by atoms with Gasteiger partial charge in [0.1, 0.15) is 0 Å². The van der Waals surface area contributed by atoms with Crippen LogP contribution in [0.4, 0.5) is 5.13 Å². The number of hydrogen-bond donors (Lipinski definition) is 2. The number of aromatic nitrogens is 1. The Bertz CT molecular complexity index is 886. The van der Waals surface area contributed by atoms with Crippen LogP contribution in [0, 0.1) is 6.54 Å². The molecule has 0 fully saturated rings. The minimum absolute atomic E-state index is 0.367. The second-order valence-corrected chi connectivity index (χ2v) is 6.59. The number of aliphatic hydroxyl groups is 1. The number of aliphatic imine (C=N–C) groups is 1. The fraction of sp³-hybridized carbons (Fsp3) is 0.105. The van der Waals surface area contributed by atoms with Crippen molar-refractivity contribution in [2.75, 3.05) is 11.4 Å². The molecular formula is C19H17N4OS. The molecule has 2 aromatic carbocycles. The maximum absolute atomic E-state index is 10.3. The van der Waals surface area contributed by atoms with Gasteiger partial charge in [0.2, 0.25) is 5.96 Å². The molecule has 0 saturated heterocycles. The van der Waals surface area contributed by atoms with Crippen LogP contribution in [0.3, 0.4) is 0 Å². The van der Waals surface area contributed by atoms with E-state index < -0.39 is 6.10 Å². The number of guanidine groups is 1. The standard InChI is InChI=1S/C19H17N4OS/c24-16(14-7-2-1-3-8-14)13-21-18-20-11-6-12-23(18)19-22-15-9-4-5-10-17(15)25-19/h1-12,16,24H,13H2,(H,20,21). The van der Waals surface area contributed by atoms with Gasteiger partial charge in [-0.1, -0.05) is 53.8 Å². The molecule has 4 rings (SSSR count). The first-order chi connectivity index (χ1) is 12.3. The van der Waals surface area contributed by atoms with Gasteiger partial charge < -0.3 is 10.4 Å². The average molecular weight is 349 g/mol. The molecule has 1 unspecified atom stereocenters. The van der Waals surface area contributed by atoms with Crippen LogP contribution in [0.25, 0.3) is 10.2 Å². The van der Waals surface area contributed by atoms with Gasteiger partial charge in [0, 0.05) is 12.7 Å². The predicted molar refractivity (Wildman–Crippen MR) is 102 cm³/mol. The van der Waals surface area contributed by atoms with Crippen molar-refractivity contribution in [1.29, 1.82) is 0 Å². The van der Waals surface area contributed by atoms with Gasteiger partial charge in [-0.3, -0.25) is 4.90 Å². The Labute approximate surface area is 150 Å². The normalized spacial score (nSPS) is 15.2. The van der Waals surface area contributed by atoms with Crippen LogP contribution in [0.2, 0.25) is 0 Å². The number of benzene rings is 2. The lowest BCUT2D eigenvalue weighted by Gasteiger charge is -2.25. The summed E-state index contributed by atoms with van der Waals surface area (Å²) < 4.78 is 1.13. The predicted octanol–water partition coefficient (Wildman–Crippen LogP) is 3.47. The summed E-state index contributed by atoms with van der Waals surface area (Å²) >= 11 is 1.60. The molecule has 0 bridgehead atoms. The minimum atomic E-state index is -0.605. The molecule has 1 aliphatic heterocycles. The van der Waals surface area contributed by atoms with Gasteiger partial charge in [-0.25, -0.2) is 9.98 Å². The lowest BCUT2D eigenvalue weighted by Crippen LogP contribution is -2.42. The van der Waals surface area contributed by atoms with Gasteiger partial charge in [0.05, 0.1) is 22.9 Å². The molecule has 0 saturated carbocycles. The van der Waals surface area contributed by atoms with Gasteiger partial charge in [-0.05, 0) is 23.8 Å². The molecule has 5 nitrogen and oxygen atoms in total.